The van der Waals surface area contributed by atoms with Gasteiger partial charge in [0.15, 0.2) is 12.4 Å². The van der Waals surface area contributed by atoms with Crippen LogP contribution in [0.1, 0.15) is 37.2 Å². The number of nitrogens with one attached hydrogen (secondary N) is 1. The predicted octanol–water partition coefficient (Wildman–Crippen LogP) is 2.40. The van der Waals surface area contributed by atoms with Crippen molar-refractivity contribution in [3.63, 3.8) is 0 Å². The molecule has 20 heteroatoms. The number of halogens is 5. The van der Waals surface area contributed by atoms with Crippen LogP contribution in [0.3, 0.4) is 0 Å². The van der Waals surface area contributed by atoms with Gasteiger partial charge in [0.25, 0.3) is 5.92 Å². The molecule has 1 aliphatic heterocycles. The van der Waals surface area contributed by atoms with Gasteiger partial charge in [0.1, 0.15) is 11.8 Å². The molecule has 4 rings (SSSR count). The summed E-state index contributed by atoms with van der Waals surface area (Å²) in [7, 11) is -4.51. The Morgan fingerprint density at radius 3 is 2.27 bits per heavy atom. The zero-order chi connectivity index (χ0) is 36.0. The highest BCUT2D eigenvalue weighted by molar-refractivity contribution is 7.89. The van der Waals surface area contributed by atoms with E-state index in [-0.39, 0.29) is 44.2 Å². The summed E-state index contributed by atoms with van der Waals surface area (Å²) in [5.41, 5.74) is 0.213. The number of alkyl halides is 5. The number of hydrogen-bond donors (Lipinski definition) is 1. The molecule has 1 atom stereocenters. The van der Waals surface area contributed by atoms with Crippen LogP contribution in [-0.4, -0.2) is 94.3 Å². The number of rotatable bonds is 13. The molecular weight excluding hydrogens is 685 g/mol. The lowest BCUT2D eigenvalue weighted by Crippen LogP contribution is -2.61. The van der Waals surface area contributed by atoms with Crippen molar-refractivity contribution in [2.75, 3.05) is 26.2 Å². The molecule has 1 saturated heterocycles. The summed E-state index contributed by atoms with van der Waals surface area (Å²) in [4.78, 5) is 40.1. The molecule has 14 nitrogen and oxygen atoms in total. The van der Waals surface area contributed by atoms with Gasteiger partial charge in [0.2, 0.25) is 21.8 Å². The van der Waals surface area contributed by atoms with Gasteiger partial charge in [-0.3, -0.25) is 9.59 Å². The molecule has 2 amide bonds. The molecule has 1 aliphatic rings. The lowest BCUT2D eigenvalue weighted by atomic mass is 10.0. The van der Waals surface area contributed by atoms with Gasteiger partial charge in [-0.1, -0.05) is 31.2 Å². The fraction of sp³-hybridized carbons (Fsp3) is 0.448. The third-order valence-electron chi connectivity index (χ3n) is 7.32. The van der Waals surface area contributed by atoms with E-state index in [1.165, 1.54) is 36.1 Å². The minimum absolute atomic E-state index is 0.0522. The number of nitrogens with zero attached hydrogens (tertiary/aromatic N) is 6. The van der Waals surface area contributed by atoms with Crippen molar-refractivity contribution in [1.29, 1.82) is 0 Å². The van der Waals surface area contributed by atoms with Gasteiger partial charge in [-0.25, -0.2) is 22.0 Å². The lowest BCUT2D eigenvalue weighted by molar-refractivity contribution is -0.274. The van der Waals surface area contributed by atoms with E-state index in [2.05, 4.69) is 25.5 Å². The number of ether oxygens (including phenoxy) is 2. The molecule has 2 heterocycles. The fourth-order valence-electron chi connectivity index (χ4n) is 4.80. The smallest absolute Gasteiger partial charge is 0.465 e. The highest BCUT2D eigenvalue weighted by Gasteiger charge is 2.42. The van der Waals surface area contributed by atoms with Crippen molar-refractivity contribution in [1.82, 2.24) is 34.7 Å². The molecule has 0 saturated carbocycles. The molecule has 0 bridgehead atoms. The number of benzene rings is 2. The largest absolute Gasteiger partial charge is 0.573 e. The van der Waals surface area contributed by atoms with E-state index in [1.807, 2.05) is 0 Å². The number of esters is 1. The van der Waals surface area contributed by atoms with Crippen LogP contribution < -0.4 is 10.1 Å². The zero-order valence-corrected chi connectivity index (χ0v) is 27.0. The normalized spacial score (nSPS) is 15.9. The number of carbonyl (C=O) groups excluding carboxylic acids is 3. The van der Waals surface area contributed by atoms with E-state index in [0.29, 0.717) is 5.56 Å². The van der Waals surface area contributed by atoms with Gasteiger partial charge in [-0.2, -0.15) is 9.10 Å². The minimum Gasteiger partial charge on any atom is -0.465 e. The number of sulfonamides is 1. The predicted molar refractivity (Wildman–Crippen MR) is 158 cm³/mol. The first-order valence-corrected chi connectivity index (χ1v) is 16.3. The van der Waals surface area contributed by atoms with Gasteiger partial charge in [0.05, 0.1) is 17.9 Å². The van der Waals surface area contributed by atoms with Gasteiger partial charge in [0, 0.05) is 38.2 Å². The quantitative estimate of drug-likeness (QED) is 0.205. The van der Waals surface area contributed by atoms with Crippen molar-refractivity contribution in [3.05, 3.63) is 65.5 Å². The van der Waals surface area contributed by atoms with Crippen LogP contribution in [0.2, 0.25) is 0 Å². The highest BCUT2D eigenvalue weighted by atomic mass is 32.2. The van der Waals surface area contributed by atoms with Crippen molar-refractivity contribution < 1.29 is 54.2 Å². The molecule has 0 spiro atoms. The number of aromatic nitrogens is 4. The average molecular weight is 718 g/mol. The fourth-order valence-corrected chi connectivity index (χ4v) is 6.37. The molecular formula is C29H32F5N7O7S. The first-order valence-electron chi connectivity index (χ1n) is 14.8. The van der Waals surface area contributed by atoms with E-state index < -0.39 is 76.2 Å². The van der Waals surface area contributed by atoms with Crippen molar-refractivity contribution in [2.24, 2.45) is 0 Å². The molecule has 49 heavy (non-hydrogen) atoms. The van der Waals surface area contributed by atoms with Gasteiger partial charge in [-0.05, 0) is 42.0 Å². The van der Waals surface area contributed by atoms with Gasteiger partial charge in [-0.15, -0.1) is 23.4 Å². The van der Waals surface area contributed by atoms with Crippen LogP contribution in [0.25, 0.3) is 0 Å². The van der Waals surface area contributed by atoms with Crippen LogP contribution in [0.5, 0.6) is 5.75 Å². The third-order valence-corrected chi connectivity index (χ3v) is 9.24. The maximum Gasteiger partial charge on any atom is 0.573 e. The van der Waals surface area contributed by atoms with Crippen LogP contribution in [0.15, 0.2) is 53.4 Å². The monoisotopic (exact) mass is 717 g/mol. The Morgan fingerprint density at radius 1 is 0.980 bits per heavy atom. The van der Waals surface area contributed by atoms with E-state index in [4.69, 9.17) is 4.74 Å². The van der Waals surface area contributed by atoms with Crippen LogP contribution >= 0.6 is 0 Å². The third kappa shape index (κ3) is 9.68. The SMILES string of the molecule is CCOC(=O)Cn1nnc(CC(=O)N2CCN(S(=O)(=O)c3ccc(OC(F)(F)F)cc3)[C@@H](C(=O)NCc3ccc(C(F)(F)CC)cc3)C2)n1. The Kier molecular flexibility index (Phi) is 11.5. The Morgan fingerprint density at radius 2 is 1.65 bits per heavy atom. The Bertz CT molecular complexity index is 1740. The van der Waals surface area contributed by atoms with Crippen molar-refractivity contribution in [2.45, 2.75) is 63.0 Å². The lowest BCUT2D eigenvalue weighted by Gasteiger charge is -2.39. The second-order valence-corrected chi connectivity index (χ2v) is 12.6. The average Bonchev–Trinajstić information content (AvgIpc) is 3.49. The van der Waals surface area contributed by atoms with Gasteiger partial charge >= 0.3 is 12.3 Å². The topological polar surface area (TPSA) is 166 Å². The van der Waals surface area contributed by atoms with E-state index in [9.17, 15) is 44.8 Å². The van der Waals surface area contributed by atoms with Crippen LogP contribution in [0.4, 0.5) is 22.0 Å². The summed E-state index contributed by atoms with van der Waals surface area (Å²) >= 11 is 0. The highest BCUT2D eigenvalue weighted by Crippen LogP contribution is 2.31. The first-order chi connectivity index (χ1) is 23.0. The van der Waals surface area contributed by atoms with Crippen LogP contribution in [-0.2, 0) is 54.6 Å². The first kappa shape index (κ1) is 37.1. The van der Waals surface area contributed by atoms with E-state index in [0.717, 1.165) is 33.4 Å². The summed E-state index contributed by atoms with van der Waals surface area (Å²) in [6, 6.07) is 7.09. The number of hydrogen-bond acceptors (Lipinski definition) is 10. The molecule has 3 aromatic rings. The minimum atomic E-state index is -5.01. The summed E-state index contributed by atoms with van der Waals surface area (Å²) in [6.07, 6.45) is -5.82. The summed E-state index contributed by atoms with van der Waals surface area (Å²) < 4.78 is 103. The number of tetrazole rings is 1. The number of carbonyl (C=O) groups is 3. The Labute approximate surface area is 277 Å². The summed E-state index contributed by atoms with van der Waals surface area (Å²) in [5, 5.41) is 14.0. The van der Waals surface area contributed by atoms with Crippen LogP contribution in [0, 0.1) is 0 Å². The molecule has 0 radical (unpaired) electrons. The standard InChI is InChI=1S/C29H32F5N7O7S/c1-3-28(30,31)20-7-5-19(6-8-20)16-35-27(44)23-17-39(25(42)15-24-36-38-41(37-24)18-26(43)47-4-2)13-14-40(23)49(45,46)22-11-9-21(10-12-22)48-29(32,33)34/h5-12,23H,3-4,13-18H2,1-2H3,(H,35,44)/t23-/m1/s1. The summed E-state index contributed by atoms with van der Waals surface area (Å²) in [5.74, 6) is -5.81. The second-order valence-electron chi connectivity index (χ2n) is 10.7. The van der Waals surface area contributed by atoms with E-state index >= 15 is 0 Å². The van der Waals surface area contributed by atoms with Crippen molar-refractivity contribution in [3.8, 4) is 5.75 Å². The maximum atomic E-state index is 14.0. The number of amides is 2. The van der Waals surface area contributed by atoms with Gasteiger partial charge < -0.3 is 19.7 Å². The Balaban J connectivity index is 1.52. The molecule has 1 fully saturated rings. The molecule has 266 valence electrons. The maximum absolute atomic E-state index is 14.0. The molecule has 1 N–H and O–H groups in total. The zero-order valence-electron chi connectivity index (χ0n) is 26.2. The van der Waals surface area contributed by atoms with E-state index in [1.54, 1.807) is 6.92 Å². The number of piperazine rings is 1. The molecule has 2 aromatic carbocycles. The summed E-state index contributed by atoms with van der Waals surface area (Å²) in [6.45, 7) is 1.58. The molecule has 1 aromatic heterocycles. The second kappa shape index (κ2) is 15.2. The molecule has 0 aliphatic carbocycles. The molecule has 0 unspecified atom stereocenters. The van der Waals surface area contributed by atoms with Crippen molar-refractivity contribution >= 4 is 27.8 Å². The Hall–Kier alpha value is -4.72.